The Morgan fingerprint density at radius 3 is 2.57 bits per heavy atom. The van der Waals surface area contributed by atoms with Gasteiger partial charge in [-0.05, 0) is 30.3 Å². The van der Waals surface area contributed by atoms with E-state index in [9.17, 15) is 9.90 Å². The van der Waals surface area contributed by atoms with Gasteiger partial charge >= 0.3 is 0 Å². The van der Waals surface area contributed by atoms with Crippen molar-refractivity contribution in [1.82, 2.24) is 0 Å². The van der Waals surface area contributed by atoms with Crippen LogP contribution in [0.1, 0.15) is 10.4 Å². The topological polar surface area (TPSA) is 75.8 Å². The molecule has 0 aromatic heterocycles. The summed E-state index contributed by atoms with van der Waals surface area (Å²) in [6.45, 7) is 0. The quantitative estimate of drug-likeness (QED) is 0.834. The first-order valence-electron chi connectivity index (χ1n) is 6.14. The number of carbonyl (C=O) groups excluding carboxylic acids is 1. The number of methoxy groups -OCH3 is 1. The van der Waals surface area contributed by atoms with Crippen molar-refractivity contribution in [3.8, 4) is 11.5 Å². The van der Waals surface area contributed by atoms with Crippen LogP contribution in [0.25, 0.3) is 0 Å². The Kier molecular flexibility index (Phi) is 4.37. The van der Waals surface area contributed by atoms with Crippen LogP contribution in [0.15, 0.2) is 40.9 Å². The first kappa shape index (κ1) is 15.2. The van der Waals surface area contributed by atoms with Crippen molar-refractivity contribution in [1.29, 1.82) is 0 Å². The van der Waals surface area contributed by atoms with Gasteiger partial charge in [-0.3, -0.25) is 4.79 Å². The Hall–Kier alpha value is -2.21. The Bertz CT molecular complexity index is 689. The summed E-state index contributed by atoms with van der Waals surface area (Å²) in [5, 5.41) is 9.94. The van der Waals surface area contributed by atoms with E-state index in [0.717, 1.165) is 4.47 Å². The van der Waals surface area contributed by atoms with Gasteiger partial charge in [-0.15, -0.1) is 0 Å². The highest BCUT2D eigenvalue weighted by molar-refractivity contribution is 9.10. The number of nitrogens with two attached hydrogens (primary N) is 1. The molecule has 0 aliphatic heterocycles. The molecule has 0 aliphatic carbocycles. The standard InChI is InChI=1S/C15H15BrN2O3/c1-18(13-6-3-9(16)7-12(13)17)15(20)11-5-4-10(21-2)8-14(11)19/h3-8,19H,17H2,1-2H3. The molecule has 6 heteroatoms. The van der Waals surface area contributed by atoms with Gasteiger partial charge in [-0.25, -0.2) is 0 Å². The fourth-order valence-electron chi connectivity index (χ4n) is 1.94. The molecule has 2 rings (SSSR count). The molecule has 0 spiro atoms. The van der Waals surface area contributed by atoms with Crippen LogP contribution in [0.2, 0.25) is 0 Å². The van der Waals surface area contributed by atoms with E-state index in [4.69, 9.17) is 10.5 Å². The molecule has 21 heavy (non-hydrogen) atoms. The number of anilines is 2. The average molecular weight is 351 g/mol. The van der Waals surface area contributed by atoms with Crippen molar-refractivity contribution in [2.24, 2.45) is 0 Å². The van der Waals surface area contributed by atoms with Gasteiger partial charge in [0.25, 0.3) is 5.91 Å². The molecule has 0 atom stereocenters. The fraction of sp³-hybridized carbons (Fsp3) is 0.133. The Morgan fingerprint density at radius 1 is 1.29 bits per heavy atom. The number of ether oxygens (including phenoxy) is 1. The smallest absolute Gasteiger partial charge is 0.261 e. The molecule has 0 fully saturated rings. The van der Waals surface area contributed by atoms with Crippen molar-refractivity contribution < 1.29 is 14.6 Å². The second kappa shape index (κ2) is 6.05. The van der Waals surface area contributed by atoms with Gasteiger partial charge in [0.2, 0.25) is 0 Å². The summed E-state index contributed by atoms with van der Waals surface area (Å²) in [7, 11) is 3.09. The van der Waals surface area contributed by atoms with Crippen molar-refractivity contribution in [2.75, 3.05) is 24.8 Å². The van der Waals surface area contributed by atoms with E-state index in [1.807, 2.05) is 0 Å². The minimum atomic E-state index is -0.357. The van der Waals surface area contributed by atoms with Gasteiger partial charge in [0.15, 0.2) is 0 Å². The van der Waals surface area contributed by atoms with Gasteiger partial charge < -0.3 is 20.5 Å². The van der Waals surface area contributed by atoms with Crippen LogP contribution >= 0.6 is 15.9 Å². The summed E-state index contributed by atoms with van der Waals surface area (Å²) in [5.41, 5.74) is 7.13. The number of rotatable bonds is 3. The maximum absolute atomic E-state index is 12.5. The maximum atomic E-state index is 12.5. The number of hydrogen-bond donors (Lipinski definition) is 2. The van der Waals surface area contributed by atoms with Crippen LogP contribution in [-0.4, -0.2) is 25.2 Å². The molecule has 0 unspecified atom stereocenters. The Morgan fingerprint density at radius 2 is 2.00 bits per heavy atom. The normalized spacial score (nSPS) is 10.2. The van der Waals surface area contributed by atoms with E-state index < -0.39 is 0 Å². The average Bonchev–Trinajstić information content (AvgIpc) is 2.45. The van der Waals surface area contributed by atoms with Gasteiger partial charge in [0.1, 0.15) is 11.5 Å². The lowest BCUT2D eigenvalue weighted by molar-refractivity contribution is 0.0990. The molecular formula is C15H15BrN2O3. The van der Waals surface area contributed by atoms with Crippen LogP contribution < -0.4 is 15.4 Å². The monoisotopic (exact) mass is 350 g/mol. The molecule has 0 aliphatic rings. The van der Waals surface area contributed by atoms with Gasteiger partial charge in [0, 0.05) is 17.6 Å². The van der Waals surface area contributed by atoms with Crippen molar-refractivity contribution in [2.45, 2.75) is 0 Å². The molecule has 0 radical (unpaired) electrons. The second-order valence-electron chi connectivity index (χ2n) is 4.45. The van der Waals surface area contributed by atoms with Crippen LogP contribution in [0.5, 0.6) is 11.5 Å². The largest absolute Gasteiger partial charge is 0.507 e. The van der Waals surface area contributed by atoms with Crippen molar-refractivity contribution in [3.63, 3.8) is 0 Å². The highest BCUT2D eigenvalue weighted by Gasteiger charge is 2.19. The lowest BCUT2D eigenvalue weighted by Crippen LogP contribution is -2.27. The highest BCUT2D eigenvalue weighted by atomic mass is 79.9. The van der Waals surface area contributed by atoms with E-state index in [2.05, 4.69) is 15.9 Å². The maximum Gasteiger partial charge on any atom is 0.261 e. The number of aromatic hydroxyl groups is 1. The number of phenolic OH excluding ortho intramolecular Hbond substituents is 1. The van der Waals surface area contributed by atoms with Gasteiger partial charge in [-0.2, -0.15) is 0 Å². The van der Waals surface area contributed by atoms with Crippen molar-refractivity contribution in [3.05, 3.63) is 46.4 Å². The number of hydrogen-bond acceptors (Lipinski definition) is 4. The molecule has 2 aromatic carbocycles. The van der Waals surface area contributed by atoms with E-state index in [-0.39, 0.29) is 17.2 Å². The number of benzene rings is 2. The zero-order valence-corrected chi connectivity index (χ0v) is 13.2. The van der Waals surface area contributed by atoms with E-state index >= 15 is 0 Å². The summed E-state index contributed by atoms with van der Waals surface area (Å²) < 4.78 is 5.83. The number of nitrogens with zero attached hydrogens (tertiary/aromatic N) is 1. The van der Waals surface area contributed by atoms with Crippen molar-refractivity contribution >= 4 is 33.2 Å². The molecule has 1 amide bonds. The Balaban J connectivity index is 2.35. The lowest BCUT2D eigenvalue weighted by Gasteiger charge is -2.20. The number of phenols is 1. The molecule has 0 bridgehead atoms. The van der Waals surface area contributed by atoms with Crippen LogP contribution in [0, 0.1) is 0 Å². The second-order valence-corrected chi connectivity index (χ2v) is 5.37. The first-order chi connectivity index (χ1) is 9.93. The summed E-state index contributed by atoms with van der Waals surface area (Å²) in [6.07, 6.45) is 0. The summed E-state index contributed by atoms with van der Waals surface area (Å²) in [6, 6.07) is 9.77. The SMILES string of the molecule is COc1ccc(C(=O)N(C)c2ccc(Br)cc2N)c(O)c1. The predicted molar refractivity (Wildman–Crippen MR) is 85.9 cm³/mol. The molecule has 0 heterocycles. The third kappa shape index (κ3) is 3.11. The Labute approximate surface area is 131 Å². The van der Waals surface area contributed by atoms with Gasteiger partial charge in [-0.1, -0.05) is 15.9 Å². The van der Waals surface area contributed by atoms with E-state index in [0.29, 0.717) is 17.1 Å². The summed E-state index contributed by atoms with van der Waals surface area (Å²) in [5.74, 6) is -0.0130. The van der Waals surface area contributed by atoms with Crippen LogP contribution in [0.4, 0.5) is 11.4 Å². The molecular weight excluding hydrogens is 336 g/mol. The molecule has 0 saturated carbocycles. The molecule has 2 aromatic rings. The van der Waals surface area contributed by atoms with E-state index in [1.54, 1.807) is 31.3 Å². The summed E-state index contributed by atoms with van der Waals surface area (Å²) >= 11 is 3.32. The molecule has 110 valence electrons. The predicted octanol–water partition coefficient (Wildman–Crippen LogP) is 3.02. The minimum Gasteiger partial charge on any atom is -0.507 e. The number of amides is 1. The molecule has 3 N–H and O–H groups in total. The highest BCUT2D eigenvalue weighted by Crippen LogP contribution is 2.29. The third-order valence-electron chi connectivity index (χ3n) is 3.09. The molecule has 0 saturated heterocycles. The number of nitrogen functional groups attached to an aromatic ring is 1. The fourth-order valence-corrected chi connectivity index (χ4v) is 2.32. The van der Waals surface area contributed by atoms with Gasteiger partial charge in [0.05, 0.1) is 24.0 Å². The third-order valence-corrected chi connectivity index (χ3v) is 3.58. The van der Waals surface area contributed by atoms with Crippen LogP contribution in [0.3, 0.4) is 0 Å². The van der Waals surface area contributed by atoms with E-state index in [1.165, 1.54) is 24.1 Å². The first-order valence-corrected chi connectivity index (χ1v) is 6.93. The molecule has 5 nitrogen and oxygen atoms in total. The number of halogens is 1. The number of carbonyl (C=O) groups is 1. The zero-order valence-electron chi connectivity index (χ0n) is 11.6. The summed E-state index contributed by atoms with van der Waals surface area (Å²) in [4.78, 5) is 13.9. The zero-order chi connectivity index (χ0) is 15.6. The lowest BCUT2D eigenvalue weighted by atomic mass is 10.1. The van der Waals surface area contributed by atoms with Crippen LogP contribution in [-0.2, 0) is 0 Å². The minimum absolute atomic E-state index is 0.137.